The normalized spacial score (nSPS) is 14.4. The second-order valence-electron chi connectivity index (χ2n) is 7.14. The van der Waals surface area contributed by atoms with Crippen LogP contribution in [0.4, 0.5) is 0 Å². The van der Waals surface area contributed by atoms with Gasteiger partial charge in [-0.1, -0.05) is 55.1 Å². The van der Waals surface area contributed by atoms with Crippen LogP contribution in [0.15, 0.2) is 66.2 Å². The van der Waals surface area contributed by atoms with Gasteiger partial charge in [0.05, 0.1) is 13.2 Å². The Labute approximate surface area is 202 Å². The zero-order valence-corrected chi connectivity index (χ0v) is 20.5. The molecule has 3 rings (SSSR count). The van der Waals surface area contributed by atoms with Crippen molar-refractivity contribution in [3.05, 3.63) is 77.9 Å². The molecule has 0 aliphatic carbocycles. The topological polar surface area (TPSA) is 58.1 Å². The number of ether oxygens (including phenoxy) is 2. The summed E-state index contributed by atoms with van der Waals surface area (Å²) in [4.78, 5) is 6.81. The number of nitrogens with zero attached hydrogens (tertiary/aromatic N) is 2. The largest absolute Gasteiger partial charge is 0.489 e. The van der Waals surface area contributed by atoms with E-state index in [1.165, 1.54) is 11.1 Å². The van der Waals surface area contributed by atoms with E-state index in [1.807, 2.05) is 18.2 Å². The number of hydrogen-bond donors (Lipinski definition) is 2. The molecule has 0 saturated carbocycles. The van der Waals surface area contributed by atoms with E-state index in [9.17, 15) is 0 Å². The number of para-hydroxylation sites is 1. The standard InChI is InChI=1S/C24H32N4O2.HI/c1-3-14-30-23-11-7-6-9-21(23)18-27-24(25-2)26-17-20-8-4-5-10-22(20)19-28-12-15-29-16-13-28;/h3-11H,1,12-19H2,2H3,(H2,25,26,27);1H. The van der Waals surface area contributed by atoms with Crippen molar-refractivity contribution < 1.29 is 9.47 Å². The SMILES string of the molecule is C=CCOc1ccccc1CNC(=NC)NCc1ccccc1CN1CCOCC1.I. The minimum absolute atomic E-state index is 0. The first-order valence-electron chi connectivity index (χ1n) is 10.4. The summed E-state index contributed by atoms with van der Waals surface area (Å²) >= 11 is 0. The van der Waals surface area contributed by atoms with E-state index in [4.69, 9.17) is 9.47 Å². The second kappa shape index (κ2) is 14.1. The van der Waals surface area contributed by atoms with Crippen LogP contribution in [-0.2, 0) is 24.4 Å². The molecule has 1 aliphatic rings. The first kappa shape index (κ1) is 25.2. The average molecular weight is 536 g/mol. The molecule has 0 unspecified atom stereocenters. The van der Waals surface area contributed by atoms with E-state index in [0.717, 1.165) is 56.7 Å². The molecule has 1 heterocycles. The summed E-state index contributed by atoms with van der Waals surface area (Å²) < 4.78 is 11.2. The lowest BCUT2D eigenvalue weighted by atomic mass is 10.1. The van der Waals surface area contributed by atoms with Crippen LogP contribution in [0, 0.1) is 0 Å². The van der Waals surface area contributed by atoms with Crippen molar-refractivity contribution in [2.24, 2.45) is 4.99 Å². The number of morpholine rings is 1. The Morgan fingerprint density at radius 1 is 1.03 bits per heavy atom. The van der Waals surface area contributed by atoms with Crippen molar-refractivity contribution in [2.45, 2.75) is 19.6 Å². The molecule has 1 saturated heterocycles. The molecule has 0 atom stereocenters. The van der Waals surface area contributed by atoms with Crippen molar-refractivity contribution in [1.82, 2.24) is 15.5 Å². The van der Waals surface area contributed by atoms with E-state index in [1.54, 1.807) is 13.1 Å². The number of nitrogens with one attached hydrogen (secondary N) is 2. The number of aliphatic imine (C=N–C) groups is 1. The Morgan fingerprint density at radius 2 is 1.65 bits per heavy atom. The molecule has 2 aromatic carbocycles. The third-order valence-electron chi connectivity index (χ3n) is 5.06. The summed E-state index contributed by atoms with van der Waals surface area (Å²) in [6.07, 6.45) is 1.75. The fourth-order valence-electron chi connectivity index (χ4n) is 3.40. The van der Waals surface area contributed by atoms with Crippen molar-refractivity contribution in [3.63, 3.8) is 0 Å². The zero-order chi connectivity index (χ0) is 21.0. The first-order chi connectivity index (χ1) is 14.8. The van der Waals surface area contributed by atoms with Gasteiger partial charge in [-0.2, -0.15) is 0 Å². The molecular weight excluding hydrogens is 503 g/mol. The van der Waals surface area contributed by atoms with Gasteiger partial charge >= 0.3 is 0 Å². The smallest absolute Gasteiger partial charge is 0.191 e. The Hall–Kier alpha value is -2.10. The van der Waals surface area contributed by atoms with Gasteiger partial charge in [0.2, 0.25) is 0 Å². The molecule has 2 N–H and O–H groups in total. The van der Waals surface area contributed by atoms with Crippen LogP contribution in [0.5, 0.6) is 5.75 Å². The highest BCUT2D eigenvalue weighted by molar-refractivity contribution is 14.0. The zero-order valence-electron chi connectivity index (χ0n) is 18.2. The number of benzene rings is 2. The fraction of sp³-hybridized carbons (Fsp3) is 0.375. The molecule has 0 spiro atoms. The minimum Gasteiger partial charge on any atom is -0.489 e. The monoisotopic (exact) mass is 536 g/mol. The van der Waals surface area contributed by atoms with Gasteiger partial charge in [0, 0.05) is 45.3 Å². The maximum absolute atomic E-state index is 5.74. The van der Waals surface area contributed by atoms with E-state index < -0.39 is 0 Å². The predicted molar refractivity (Wildman–Crippen MR) is 137 cm³/mol. The van der Waals surface area contributed by atoms with Gasteiger partial charge in [-0.3, -0.25) is 9.89 Å². The predicted octanol–water partition coefficient (Wildman–Crippen LogP) is 3.57. The van der Waals surface area contributed by atoms with Gasteiger partial charge in [-0.25, -0.2) is 0 Å². The van der Waals surface area contributed by atoms with E-state index in [0.29, 0.717) is 13.2 Å². The highest BCUT2D eigenvalue weighted by Crippen LogP contribution is 2.17. The molecule has 0 bridgehead atoms. The third kappa shape index (κ3) is 8.16. The summed E-state index contributed by atoms with van der Waals surface area (Å²) in [5.74, 6) is 1.62. The fourth-order valence-corrected chi connectivity index (χ4v) is 3.40. The van der Waals surface area contributed by atoms with Crippen molar-refractivity contribution in [3.8, 4) is 5.75 Å². The molecule has 0 aromatic heterocycles. The summed E-state index contributed by atoms with van der Waals surface area (Å²) in [6.45, 7) is 10.1. The van der Waals surface area contributed by atoms with Crippen LogP contribution in [0.25, 0.3) is 0 Å². The van der Waals surface area contributed by atoms with Crippen molar-refractivity contribution in [2.75, 3.05) is 40.0 Å². The summed E-state index contributed by atoms with van der Waals surface area (Å²) in [5.41, 5.74) is 3.70. The highest BCUT2D eigenvalue weighted by atomic mass is 127. The first-order valence-corrected chi connectivity index (χ1v) is 10.4. The Bertz CT molecular complexity index is 838. The molecular formula is C24H33IN4O2. The summed E-state index contributed by atoms with van der Waals surface area (Å²) in [6, 6.07) is 16.6. The number of halogens is 1. The van der Waals surface area contributed by atoms with Gasteiger partial charge in [-0.05, 0) is 17.2 Å². The molecule has 1 aliphatic heterocycles. The highest BCUT2D eigenvalue weighted by Gasteiger charge is 2.13. The molecule has 2 aromatic rings. The molecule has 31 heavy (non-hydrogen) atoms. The maximum atomic E-state index is 5.74. The van der Waals surface area contributed by atoms with Gasteiger partial charge in [0.15, 0.2) is 5.96 Å². The van der Waals surface area contributed by atoms with E-state index >= 15 is 0 Å². The van der Waals surface area contributed by atoms with Crippen LogP contribution < -0.4 is 15.4 Å². The lowest BCUT2D eigenvalue weighted by molar-refractivity contribution is 0.0341. The van der Waals surface area contributed by atoms with Crippen LogP contribution >= 0.6 is 24.0 Å². The van der Waals surface area contributed by atoms with E-state index in [-0.39, 0.29) is 24.0 Å². The average Bonchev–Trinajstić information content (AvgIpc) is 2.80. The Kier molecular flexibility index (Phi) is 11.4. The van der Waals surface area contributed by atoms with Crippen molar-refractivity contribution >= 4 is 29.9 Å². The van der Waals surface area contributed by atoms with Crippen LogP contribution in [0.2, 0.25) is 0 Å². The molecule has 0 radical (unpaired) electrons. The summed E-state index contributed by atoms with van der Waals surface area (Å²) in [5, 5.41) is 6.81. The van der Waals surface area contributed by atoms with Crippen molar-refractivity contribution in [1.29, 1.82) is 0 Å². The van der Waals surface area contributed by atoms with Gasteiger partial charge in [-0.15, -0.1) is 24.0 Å². The Balaban J connectivity index is 0.00000341. The number of rotatable bonds is 9. The van der Waals surface area contributed by atoms with E-state index in [2.05, 4.69) is 57.4 Å². The maximum Gasteiger partial charge on any atom is 0.191 e. The summed E-state index contributed by atoms with van der Waals surface area (Å²) in [7, 11) is 1.79. The molecule has 168 valence electrons. The second-order valence-corrected chi connectivity index (χ2v) is 7.14. The lowest BCUT2D eigenvalue weighted by Gasteiger charge is -2.27. The van der Waals surface area contributed by atoms with Crippen LogP contribution in [-0.4, -0.2) is 50.8 Å². The van der Waals surface area contributed by atoms with Gasteiger partial charge < -0.3 is 20.1 Å². The number of hydrogen-bond acceptors (Lipinski definition) is 4. The quantitative estimate of drug-likeness (QED) is 0.222. The molecule has 0 amide bonds. The molecule has 1 fully saturated rings. The number of guanidine groups is 1. The Morgan fingerprint density at radius 3 is 2.32 bits per heavy atom. The van der Waals surface area contributed by atoms with Gasteiger partial charge in [0.1, 0.15) is 12.4 Å². The lowest BCUT2D eigenvalue weighted by Crippen LogP contribution is -2.37. The molecule has 7 heteroatoms. The molecule has 6 nitrogen and oxygen atoms in total. The minimum atomic E-state index is 0. The van der Waals surface area contributed by atoms with Crippen LogP contribution in [0.1, 0.15) is 16.7 Å². The third-order valence-corrected chi connectivity index (χ3v) is 5.06. The van der Waals surface area contributed by atoms with Crippen LogP contribution in [0.3, 0.4) is 0 Å². The van der Waals surface area contributed by atoms with Gasteiger partial charge in [0.25, 0.3) is 0 Å².